The summed E-state index contributed by atoms with van der Waals surface area (Å²) >= 11 is 0. The molecule has 0 aromatic heterocycles. The molecule has 0 aliphatic carbocycles. The average Bonchev–Trinajstić information content (AvgIpc) is 2.19. The van der Waals surface area contributed by atoms with Gasteiger partial charge in [-0.3, -0.25) is 0 Å². The molecule has 0 unspecified atom stereocenters. The van der Waals surface area contributed by atoms with Crippen LogP contribution in [0.3, 0.4) is 0 Å². The molecule has 0 bridgehead atoms. The molecular formula is C12H19NO. The van der Waals surface area contributed by atoms with Crippen LogP contribution in [-0.2, 0) is 6.42 Å². The fourth-order valence-electron chi connectivity index (χ4n) is 1.54. The Balaban J connectivity index is 2.84. The molecule has 1 rings (SSSR count). The van der Waals surface area contributed by atoms with Crippen molar-refractivity contribution < 1.29 is 5.11 Å². The number of nitrogens with zero attached hydrogens (tertiary/aromatic N) is 1. The molecule has 2 nitrogen and oxygen atoms in total. The minimum atomic E-state index is 0.112. The lowest BCUT2D eigenvalue weighted by molar-refractivity contribution is 0.171. The van der Waals surface area contributed by atoms with Crippen molar-refractivity contribution in [2.45, 2.75) is 19.4 Å². The van der Waals surface area contributed by atoms with E-state index in [1.54, 1.807) is 0 Å². The molecule has 78 valence electrons. The van der Waals surface area contributed by atoms with Gasteiger partial charge in [-0.15, -0.1) is 0 Å². The standard InChI is InChI=1S/C12H19NO/c1-4-10-5-7-11(8-6-10)12(9-14)13(2)3/h5-8,12,14H,4,9H2,1-3H3/t12-/m1/s1. The number of benzene rings is 1. The van der Waals surface area contributed by atoms with Gasteiger partial charge in [0.2, 0.25) is 0 Å². The second-order valence-electron chi connectivity index (χ2n) is 3.76. The van der Waals surface area contributed by atoms with E-state index in [1.165, 1.54) is 11.1 Å². The summed E-state index contributed by atoms with van der Waals surface area (Å²) < 4.78 is 0. The molecular weight excluding hydrogens is 174 g/mol. The molecule has 2 heteroatoms. The first-order chi connectivity index (χ1) is 6.69. The molecule has 1 atom stereocenters. The summed E-state index contributed by atoms with van der Waals surface area (Å²) in [4.78, 5) is 2.03. The predicted octanol–water partition coefficient (Wildman–Crippen LogP) is 1.84. The Morgan fingerprint density at radius 1 is 1.21 bits per heavy atom. The van der Waals surface area contributed by atoms with Gasteiger partial charge in [-0.05, 0) is 31.6 Å². The molecule has 0 fully saturated rings. The molecule has 14 heavy (non-hydrogen) atoms. The lowest BCUT2D eigenvalue weighted by Gasteiger charge is -2.22. The molecule has 0 saturated heterocycles. The van der Waals surface area contributed by atoms with Gasteiger partial charge in [0, 0.05) is 0 Å². The molecule has 0 spiro atoms. The van der Waals surface area contributed by atoms with E-state index in [-0.39, 0.29) is 12.6 Å². The van der Waals surface area contributed by atoms with Crippen LogP contribution in [0.4, 0.5) is 0 Å². The summed E-state index contributed by atoms with van der Waals surface area (Å²) in [7, 11) is 3.96. The second kappa shape index (κ2) is 5.13. The van der Waals surface area contributed by atoms with E-state index in [9.17, 15) is 5.11 Å². The summed E-state index contributed by atoms with van der Waals surface area (Å²) in [5.74, 6) is 0. The molecule has 0 radical (unpaired) electrons. The van der Waals surface area contributed by atoms with Crippen LogP contribution >= 0.6 is 0 Å². The average molecular weight is 193 g/mol. The number of rotatable bonds is 4. The Morgan fingerprint density at radius 2 is 1.79 bits per heavy atom. The number of likely N-dealkylation sites (N-methyl/N-ethyl adjacent to an activating group) is 1. The van der Waals surface area contributed by atoms with Gasteiger partial charge in [0.1, 0.15) is 0 Å². The van der Waals surface area contributed by atoms with Gasteiger partial charge >= 0.3 is 0 Å². The largest absolute Gasteiger partial charge is 0.394 e. The van der Waals surface area contributed by atoms with Crippen molar-refractivity contribution in [3.8, 4) is 0 Å². The first kappa shape index (κ1) is 11.2. The van der Waals surface area contributed by atoms with Crippen molar-refractivity contribution in [3.63, 3.8) is 0 Å². The van der Waals surface area contributed by atoms with Gasteiger partial charge in [-0.2, -0.15) is 0 Å². The second-order valence-corrected chi connectivity index (χ2v) is 3.76. The minimum absolute atomic E-state index is 0.112. The molecule has 1 aromatic carbocycles. The van der Waals surface area contributed by atoms with E-state index in [0.717, 1.165) is 6.42 Å². The van der Waals surface area contributed by atoms with Gasteiger partial charge in [0.25, 0.3) is 0 Å². The van der Waals surface area contributed by atoms with Crippen LogP contribution < -0.4 is 0 Å². The maximum absolute atomic E-state index is 9.23. The van der Waals surface area contributed by atoms with E-state index in [4.69, 9.17) is 0 Å². The van der Waals surface area contributed by atoms with E-state index >= 15 is 0 Å². The molecule has 0 aliphatic heterocycles. The van der Waals surface area contributed by atoms with Gasteiger partial charge in [0.05, 0.1) is 12.6 Å². The maximum atomic E-state index is 9.23. The topological polar surface area (TPSA) is 23.5 Å². The van der Waals surface area contributed by atoms with E-state index < -0.39 is 0 Å². The smallest absolute Gasteiger partial charge is 0.0628 e. The number of aryl methyl sites for hydroxylation is 1. The number of hydrogen-bond donors (Lipinski definition) is 1. The monoisotopic (exact) mass is 193 g/mol. The van der Waals surface area contributed by atoms with Crippen molar-refractivity contribution in [1.29, 1.82) is 0 Å². The van der Waals surface area contributed by atoms with E-state index in [1.807, 2.05) is 19.0 Å². The Hall–Kier alpha value is -0.860. The Morgan fingerprint density at radius 3 is 2.14 bits per heavy atom. The van der Waals surface area contributed by atoms with Gasteiger partial charge in [-0.1, -0.05) is 31.2 Å². The Kier molecular flexibility index (Phi) is 4.11. The zero-order chi connectivity index (χ0) is 10.6. The summed E-state index contributed by atoms with van der Waals surface area (Å²) in [6, 6.07) is 8.56. The molecule has 1 aromatic rings. The molecule has 1 N–H and O–H groups in total. The normalized spacial score (nSPS) is 13.2. The Bertz CT molecular complexity index is 266. The van der Waals surface area contributed by atoms with Crippen LogP contribution in [0.15, 0.2) is 24.3 Å². The fourth-order valence-corrected chi connectivity index (χ4v) is 1.54. The van der Waals surface area contributed by atoms with Gasteiger partial charge in [0.15, 0.2) is 0 Å². The molecule has 0 amide bonds. The molecule has 0 aliphatic rings. The fraction of sp³-hybridized carbons (Fsp3) is 0.500. The van der Waals surface area contributed by atoms with Crippen LogP contribution in [-0.4, -0.2) is 30.7 Å². The van der Waals surface area contributed by atoms with Crippen LogP contribution in [0.25, 0.3) is 0 Å². The number of aliphatic hydroxyl groups is 1. The third kappa shape index (κ3) is 2.56. The molecule has 0 heterocycles. The quantitative estimate of drug-likeness (QED) is 0.788. The summed E-state index contributed by atoms with van der Waals surface area (Å²) in [6.07, 6.45) is 1.06. The highest BCUT2D eigenvalue weighted by Gasteiger charge is 2.11. The summed E-state index contributed by atoms with van der Waals surface area (Å²) in [6.45, 7) is 2.31. The lowest BCUT2D eigenvalue weighted by atomic mass is 10.0. The van der Waals surface area contributed by atoms with Gasteiger partial charge in [-0.25, -0.2) is 0 Å². The van der Waals surface area contributed by atoms with Crippen LogP contribution in [0.2, 0.25) is 0 Å². The van der Waals surface area contributed by atoms with Crippen molar-refractivity contribution >= 4 is 0 Å². The number of aliphatic hydroxyl groups excluding tert-OH is 1. The van der Waals surface area contributed by atoms with Crippen LogP contribution in [0.5, 0.6) is 0 Å². The Labute approximate surface area is 86.2 Å². The third-order valence-electron chi connectivity index (χ3n) is 2.57. The van der Waals surface area contributed by atoms with Crippen molar-refractivity contribution in [2.75, 3.05) is 20.7 Å². The van der Waals surface area contributed by atoms with Crippen LogP contribution in [0.1, 0.15) is 24.1 Å². The zero-order valence-corrected chi connectivity index (χ0v) is 9.20. The SMILES string of the molecule is CCc1ccc([C@@H](CO)N(C)C)cc1. The first-order valence-electron chi connectivity index (χ1n) is 5.05. The van der Waals surface area contributed by atoms with Gasteiger partial charge < -0.3 is 10.0 Å². The predicted molar refractivity (Wildman–Crippen MR) is 59.3 cm³/mol. The van der Waals surface area contributed by atoms with Crippen molar-refractivity contribution in [1.82, 2.24) is 4.90 Å². The maximum Gasteiger partial charge on any atom is 0.0628 e. The van der Waals surface area contributed by atoms with Crippen molar-refractivity contribution in [2.24, 2.45) is 0 Å². The van der Waals surface area contributed by atoms with Crippen molar-refractivity contribution in [3.05, 3.63) is 35.4 Å². The first-order valence-corrected chi connectivity index (χ1v) is 5.05. The highest BCUT2D eigenvalue weighted by atomic mass is 16.3. The third-order valence-corrected chi connectivity index (χ3v) is 2.57. The highest BCUT2D eigenvalue weighted by Crippen LogP contribution is 2.17. The zero-order valence-electron chi connectivity index (χ0n) is 9.20. The summed E-state index contributed by atoms with van der Waals surface area (Å²) in [5, 5.41) is 9.23. The minimum Gasteiger partial charge on any atom is -0.394 e. The van der Waals surface area contributed by atoms with Crippen LogP contribution in [0, 0.1) is 0 Å². The number of hydrogen-bond acceptors (Lipinski definition) is 2. The molecule has 0 saturated carbocycles. The highest BCUT2D eigenvalue weighted by molar-refractivity contribution is 5.25. The van der Waals surface area contributed by atoms with E-state index in [0.29, 0.717) is 0 Å². The lowest BCUT2D eigenvalue weighted by Crippen LogP contribution is -2.22. The summed E-state index contributed by atoms with van der Waals surface area (Å²) in [5.41, 5.74) is 2.51. The van der Waals surface area contributed by atoms with E-state index in [2.05, 4.69) is 31.2 Å².